The number of carbonyl (C=O) groups excluding carboxylic acids is 2. The van der Waals surface area contributed by atoms with Gasteiger partial charge in [0.05, 0.1) is 18.8 Å². The average molecular weight is 510 g/mol. The number of hydrogen-bond donors (Lipinski definition) is 0. The lowest BCUT2D eigenvalue weighted by Gasteiger charge is -2.32. The van der Waals surface area contributed by atoms with E-state index in [2.05, 4.69) is 6.58 Å². The summed E-state index contributed by atoms with van der Waals surface area (Å²) in [6, 6.07) is 9.43. The van der Waals surface area contributed by atoms with Gasteiger partial charge in [0.25, 0.3) is 0 Å². The first-order chi connectivity index (χ1) is 17.4. The van der Waals surface area contributed by atoms with E-state index in [1.165, 1.54) is 19.1 Å². The average Bonchev–Trinajstić information content (AvgIpc) is 3.28. The van der Waals surface area contributed by atoms with Gasteiger partial charge >= 0.3 is 6.09 Å². The molecule has 0 radical (unpaired) electrons. The predicted octanol–water partition coefficient (Wildman–Crippen LogP) is 3.49. The first-order valence-electron chi connectivity index (χ1n) is 12.0. The van der Waals surface area contributed by atoms with Gasteiger partial charge in [-0.15, -0.1) is 6.58 Å². The Morgan fingerprint density at radius 3 is 2.44 bits per heavy atom. The number of hydrogen-bond acceptors (Lipinski definition) is 9. The van der Waals surface area contributed by atoms with Crippen LogP contribution in [0, 0.1) is 5.92 Å². The van der Waals surface area contributed by atoms with Crippen molar-refractivity contribution in [3.05, 3.63) is 48.6 Å². The third kappa shape index (κ3) is 9.27. The Labute approximate surface area is 213 Å². The van der Waals surface area contributed by atoms with Crippen LogP contribution >= 0.6 is 0 Å². The fourth-order valence-corrected chi connectivity index (χ4v) is 3.82. The zero-order valence-electron chi connectivity index (χ0n) is 21.6. The first-order valence-corrected chi connectivity index (χ1v) is 12.0. The number of cyclic esters (lactones) is 1. The summed E-state index contributed by atoms with van der Waals surface area (Å²) in [6.07, 6.45) is -0.702. The highest BCUT2D eigenvalue weighted by Gasteiger charge is 2.40. The lowest BCUT2D eigenvalue weighted by atomic mass is 10.0. The maximum absolute atomic E-state index is 13.0. The van der Waals surface area contributed by atoms with E-state index in [0.717, 1.165) is 5.56 Å². The molecule has 36 heavy (non-hydrogen) atoms. The van der Waals surface area contributed by atoms with Gasteiger partial charge in [-0.2, -0.15) is 0 Å². The SMILES string of the molecule is C=C[C@@H](OCOCc1ccccc1)[C@H](OCOC)[C@H](CCC(=O)N1C(=O)OC[C@@H]1C(C)C)OCOC. The number of imide groups is 1. The molecule has 0 saturated carbocycles. The summed E-state index contributed by atoms with van der Waals surface area (Å²) >= 11 is 0. The van der Waals surface area contributed by atoms with Gasteiger partial charge in [0.2, 0.25) is 5.91 Å². The quantitative estimate of drug-likeness (QED) is 0.167. The number of amides is 2. The van der Waals surface area contributed by atoms with Gasteiger partial charge in [-0.05, 0) is 17.9 Å². The van der Waals surface area contributed by atoms with Crippen molar-refractivity contribution in [1.29, 1.82) is 0 Å². The fraction of sp³-hybridized carbons (Fsp3) is 0.615. The van der Waals surface area contributed by atoms with Crippen LogP contribution in [0.4, 0.5) is 4.79 Å². The Bertz CT molecular complexity index is 789. The molecule has 1 heterocycles. The zero-order valence-corrected chi connectivity index (χ0v) is 21.6. The molecule has 0 aliphatic carbocycles. The van der Waals surface area contributed by atoms with Crippen molar-refractivity contribution < 1.29 is 42.7 Å². The van der Waals surface area contributed by atoms with Gasteiger partial charge in [0.15, 0.2) is 0 Å². The third-order valence-corrected chi connectivity index (χ3v) is 5.74. The molecule has 1 aliphatic rings. The maximum atomic E-state index is 13.0. The Hall–Kier alpha value is -2.34. The molecule has 10 nitrogen and oxygen atoms in total. The Balaban J connectivity index is 2.04. The maximum Gasteiger partial charge on any atom is 0.416 e. The minimum Gasteiger partial charge on any atom is -0.447 e. The molecule has 0 N–H and O–H groups in total. The highest BCUT2D eigenvalue weighted by molar-refractivity contribution is 5.93. The van der Waals surface area contributed by atoms with Crippen LogP contribution in [0.1, 0.15) is 32.3 Å². The van der Waals surface area contributed by atoms with Crippen molar-refractivity contribution in [3.63, 3.8) is 0 Å². The molecule has 0 bridgehead atoms. The van der Waals surface area contributed by atoms with Gasteiger partial charge < -0.3 is 33.2 Å². The largest absolute Gasteiger partial charge is 0.447 e. The normalized spacial score (nSPS) is 18.2. The standard InChI is InChI=1S/C26H39NO9/c1-6-22(35-18-32-14-20-10-8-7-9-11-20)25(36-17-31-5)23(34-16-30-4)12-13-24(28)27-21(19(2)3)15-33-26(27)29/h6-11,19,21-23,25H,1,12-18H2,2-5H3/t21-,22-,23+,25+/m1/s1. The summed E-state index contributed by atoms with van der Waals surface area (Å²) in [5, 5.41) is 0. The second-order valence-corrected chi connectivity index (χ2v) is 8.66. The van der Waals surface area contributed by atoms with E-state index in [1.54, 1.807) is 6.08 Å². The van der Waals surface area contributed by atoms with E-state index in [-0.39, 0.29) is 57.7 Å². The summed E-state index contributed by atoms with van der Waals surface area (Å²) in [7, 11) is 3.00. The van der Waals surface area contributed by atoms with Crippen LogP contribution in [-0.2, 0) is 44.6 Å². The van der Waals surface area contributed by atoms with Crippen molar-refractivity contribution in [2.24, 2.45) is 5.92 Å². The molecule has 202 valence electrons. The fourth-order valence-electron chi connectivity index (χ4n) is 3.82. The molecule has 0 spiro atoms. The molecular weight excluding hydrogens is 470 g/mol. The molecule has 4 atom stereocenters. The van der Waals surface area contributed by atoms with E-state index >= 15 is 0 Å². The van der Waals surface area contributed by atoms with Gasteiger partial charge in [0, 0.05) is 20.6 Å². The lowest BCUT2D eigenvalue weighted by Crippen LogP contribution is -2.45. The summed E-state index contributed by atoms with van der Waals surface area (Å²) in [6.45, 7) is 8.26. The Morgan fingerprint density at radius 2 is 1.81 bits per heavy atom. The number of rotatable bonds is 18. The van der Waals surface area contributed by atoms with Crippen LogP contribution in [0.2, 0.25) is 0 Å². The molecule has 1 aliphatic heterocycles. The second kappa shape index (κ2) is 16.4. The molecule has 1 aromatic carbocycles. The third-order valence-electron chi connectivity index (χ3n) is 5.74. The van der Waals surface area contributed by atoms with E-state index < -0.39 is 24.4 Å². The van der Waals surface area contributed by atoms with Crippen LogP contribution in [-0.4, -0.2) is 82.5 Å². The minimum absolute atomic E-state index is 0.00988. The smallest absolute Gasteiger partial charge is 0.416 e. The Morgan fingerprint density at radius 1 is 1.11 bits per heavy atom. The summed E-state index contributed by atoms with van der Waals surface area (Å²) in [4.78, 5) is 26.3. The number of carbonyl (C=O) groups is 2. The summed E-state index contributed by atoms with van der Waals surface area (Å²) in [5.41, 5.74) is 1.02. The monoisotopic (exact) mass is 509 g/mol. The molecule has 1 fully saturated rings. The van der Waals surface area contributed by atoms with Crippen molar-refractivity contribution >= 4 is 12.0 Å². The van der Waals surface area contributed by atoms with E-state index in [4.69, 9.17) is 33.2 Å². The molecule has 0 aromatic heterocycles. The molecule has 10 heteroatoms. The molecule has 0 unspecified atom stereocenters. The lowest BCUT2D eigenvalue weighted by molar-refractivity contribution is -0.202. The highest BCUT2D eigenvalue weighted by Crippen LogP contribution is 2.23. The summed E-state index contributed by atoms with van der Waals surface area (Å²) in [5.74, 6) is -0.261. The van der Waals surface area contributed by atoms with Crippen molar-refractivity contribution in [2.75, 3.05) is 41.2 Å². The predicted molar refractivity (Wildman–Crippen MR) is 131 cm³/mol. The van der Waals surface area contributed by atoms with Crippen LogP contribution < -0.4 is 0 Å². The van der Waals surface area contributed by atoms with Crippen LogP contribution in [0.25, 0.3) is 0 Å². The van der Waals surface area contributed by atoms with Gasteiger partial charge in [-0.1, -0.05) is 50.3 Å². The topological polar surface area (TPSA) is 102 Å². The molecule has 1 saturated heterocycles. The molecular formula is C26H39NO9. The van der Waals surface area contributed by atoms with E-state index in [0.29, 0.717) is 6.61 Å². The van der Waals surface area contributed by atoms with Crippen LogP contribution in [0.5, 0.6) is 0 Å². The molecule has 2 rings (SSSR count). The van der Waals surface area contributed by atoms with Crippen LogP contribution in [0.15, 0.2) is 43.0 Å². The van der Waals surface area contributed by atoms with E-state index in [1.807, 2.05) is 44.2 Å². The van der Waals surface area contributed by atoms with Gasteiger partial charge in [-0.3, -0.25) is 4.79 Å². The molecule has 1 aromatic rings. The first kappa shape index (κ1) is 29.9. The van der Waals surface area contributed by atoms with Crippen molar-refractivity contribution in [1.82, 2.24) is 4.90 Å². The van der Waals surface area contributed by atoms with Gasteiger partial charge in [-0.25, -0.2) is 9.69 Å². The molecule has 2 amide bonds. The Kier molecular flexibility index (Phi) is 13.6. The number of nitrogens with zero attached hydrogens (tertiary/aromatic N) is 1. The van der Waals surface area contributed by atoms with E-state index in [9.17, 15) is 9.59 Å². The van der Waals surface area contributed by atoms with Crippen molar-refractivity contribution in [2.45, 2.75) is 57.6 Å². The van der Waals surface area contributed by atoms with Crippen molar-refractivity contribution in [3.8, 4) is 0 Å². The van der Waals surface area contributed by atoms with Gasteiger partial charge in [0.1, 0.15) is 39.2 Å². The second-order valence-electron chi connectivity index (χ2n) is 8.66. The minimum atomic E-state index is -0.683. The number of benzene rings is 1. The zero-order chi connectivity index (χ0) is 26.3. The summed E-state index contributed by atoms with van der Waals surface area (Å²) < 4.78 is 38.6. The number of ether oxygens (including phenoxy) is 7. The number of methoxy groups -OCH3 is 2. The van der Waals surface area contributed by atoms with Crippen LogP contribution in [0.3, 0.4) is 0 Å². The highest BCUT2D eigenvalue weighted by atomic mass is 16.7.